The summed E-state index contributed by atoms with van der Waals surface area (Å²) in [6, 6.07) is 23.9. The molecule has 2 aromatic heterocycles. The minimum absolute atomic E-state index is 0.150. The Kier molecular flexibility index (Phi) is 5.07. The molecular formula is C21H21N5O. The Morgan fingerprint density at radius 2 is 1.63 bits per heavy atom. The average Bonchev–Trinajstić information content (AvgIpc) is 3.15. The molecular weight excluding hydrogens is 338 g/mol. The summed E-state index contributed by atoms with van der Waals surface area (Å²) < 4.78 is 1.75. The van der Waals surface area contributed by atoms with E-state index in [1.165, 1.54) is 5.56 Å². The number of nitrogens with zero attached hydrogens (tertiary/aromatic N) is 4. The van der Waals surface area contributed by atoms with Crippen LogP contribution in [0.2, 0.25) is 0 Å². The first-order valence-corrected chi connectivity index (χ1v) is 9.03. The molecule has 0 saturated carbocycles. The third-order valence-corrected chi connectivity index (χ3v) is 4.57. The van der Waals surface area contributed by atoms with Gasteiger partial charge in [0.2, 0.25) is 0 Å². The van der Waals surface area contributed by atoms with Crippen LogP contribution in [-0.4, -0.2) is 38.1 Å². The highest BCUT2D eigenvalue weighted by Gasteiger charge is 2.13. The Balaban J connectivity index is 1.57. The number of anilines is 1. The van der Waals surface area contributed by atoms with E-state index in [2.05, 4.69) is 32.7 Å². The highest BCUT2D eigenvalue weighted by atomic mass is 16.3. The molecule has 1 unspecified atom stereocenters. The second-order valence-electron chi connectivity index (χ2n) is 6.38. The Morgan fingerprint density at radius 1 is 0.889 bits per heavy atom. The Bertz CT molecular complexity index is 1000. The van der Waals surface area contributed by atoms with Gasteiger partial charge in [-0.3, -0.25) is 0 Å². The molecule has 27 heavy (non-hydrogen) atoms. The van der Waals surface area contributed by atoms with Crippen molar-refractivity contribution in [3.05, 3.63) is 78.4 Å². The first-order valence-electron chi connectivity index (χ1n) is 9.03. The van der Waals surface area contributed by atoms with Gasteiger partial charge in [-0.2, -0.15) is 4.52 Å². The van der Waals surface area contributed by atoms with Crippen LogP contribution in [0.5, 0.6) is 0 Å². The predicted molar refractivity (Wildman–Crippen MR) is 106 cm³/mol. The van der Waals surface area contributed by atoms with Gasteiger partial charge in [-0.15, -0.1) is 15.3 Å². The van der Waals surface area contributed by atoms with Crippen LogP contribution in [0.25, 0.3) is 17.0 Å². The van der Waals surface area contributed by atoms with E-state index in [4.69, 9.17) is 0 Å². The molecule has 6 nitrogen and oxygen atoms in total. The van der Waals surface area contributed by atoms with Crippen LogP contribution in [-0.2, 0) is 0 Å². The van der Waals surface area contributed by atoms with E-state index in [1.807, 2.05) is 60.7 Å². The second kappa shape index (κ2) is 7.97. The lowest BCUT2D eigenvalue weighted by molar-refractivity contribution is 0.277. The number of hydrogen-bond donors (Lipinski definition) is 2. The van der Waals surface area contributed by atoms with Crippen LogP contribution in [0.1, 0.15) is 17.9 Å². The zero-order chi connectivity index (χ0) is 18.5. The summed E-state index contributed by atoms with van der Waals surface area (Å²) in [6.45, 7) is 0.836. The quantitative estimate of drug-likeness (QED) is 0.529. The minimum atomic E-state index is 0.150. The van der Waals surface area contributed by atoms with Crippen LogP contribution in [0.15, 0.2) is 72.8 Å². The smallest absolute Gasteiger partial charge is 0.185 e. The van der Waals surface area contributed by atoms with Gasteiger partial charge in [-0.05, 0) is 24.1 Å². The van der Waals surface area contributed by atoms with Crippen molar-refractivity contribution in [2.24, 2.45) is 0 Å². The lowest BCUT2D eigenvalue weighted by atomic mass is 9.96. The van der Waals surface area contributed by atoms with Gasteiger partial charge < -0.3 is 10.4 Å². The van der Waals surface area contributed by atoms with Crippen LogP contribution in [0.3, 0.4) is 0 Å². The first-order chi connectivity index (χ1) is 13.3. The van der Waals surface area contributed by atoms with Gasteiger partial charge in [-0.25, -0.2) is 0 Å². The first kappa shape index (κ1) is 17.2. The van der Waals surface area contributed by atoms with Gasteiger partial charge >= 0.3 is 0 Å². The Labute approximate surface area is 157 Å². The molecule has 0 saturated heterocycles. The van der Waals surface area contributed by atoms with Crippen molar-refractivity contribution in [3.63, 3.8) is 0 Å². The lowest BCUT2D eigenvalue weighted by Crippen LogP contribution is -2.15. The van der Waals surface area contributed by atoms with Gasteiger partial charge in [0.1, 0.15) is 5.82 Å². The summed E-state index contributed by atoms with van der Waals surface area (Å²) >= 11 is 0. The third kappa shape index (κ3) is 3.80. The number of nitrogens with one attached hydrogen (secondary N) is 1. The van der Waals surface area contributed by atoms with E-state index in [0.717, 1.165) is 11.4 Å². The second-order valence-corrected chi connectivity index (χ2v) is 6.38. The molecule has 0 aliphatic carbocycles. The molecule has 136 valence electrons. The highest BCUT2D eigenvalue weighted by Crippen LogP contribution is 2.21. The Hall–Kier alpha value is -3.25. The highest BCUT2D eigenvalue weighted by molar-refractivity contribution is 5.59. The van der Waals surface area contributed by atoms with E-state index in [9.17, 15) is 5.11 Å². The number of aliphatic hydroxyl groups is 1. The summed E-state index contributed by atoms with van der Waals surface area (Å²) in [5.74, 6) is 1.67. The average molecular weight is 359 g/mol. The summed E-state index contributed by atoms with van der Waals surface area (Å²) in [5.41, 5.74) is 2.88. The molecule has 1 atom stereocenters. The molecule has 0 fully saturated rings. The van der Waals surface area contributed by atoms with Crippen LogP contribution >= 0.6 is 0 Å². The van der Waals surface area contributed by atoms with E-state index in [-0.39, 0.29) is 12.5 Å². The van der Waals surface area contributed by atoms with E-state index >= 15 is 0 Å². The zero-order valence-corrected chi connectivity index (χ0v) is 14.9. The molecule has 4 rings (SSSR count). The molecule has 4 aromatic rings. The van der Waals surface area contributed by atoms with E-state index < -0.39 is 0 Å². The molecule has 0 radical (unpaired) electrons. The largest absolute Gasteiger partial charge is 0.396 e. The number of fused-ring (bicyclic) bond motifs is 1. The summed E-state index contributed by atoms with van der Waals surface area (Å²) in [4.78, 5) is 0. The van der Waals surface area contributed by atoms with Crippen molar-refractivity contribution in [2.45, 2.75) is 12.3 Å². The van der Waals surface area contributed by atoms with Crippen molar-refractivity contribution >= 4 is 11.5 Å². The van der Waals surface area contributed by atoms with Crippen LogP contribution < -0.4 is 5.32 Å². The molecule has 0 bridgehead atoms. The standard InChI is InChI=1S/C21H21N5O/c27-14-13-18(16-7-3-1-4-8-16)15-22-19-11-12-20-23-24-21(26(20)25-19)17-9-5-2-6-10-17/h1-12,18,27H,13-15H2,(H,22,25). The fraction of sp³-hybridized carbons (Fsp3) is 0.190. The molecule has 0 spiro atoms. The van der Waals surface area contributed by atoms with E-state index in [0.29, 0.717) is 24.4 Å². The number of hydrogen-bond acceptors (Lipinski definition) is 5. The van der Waals surface area contributed by atoms with Gasteiger partial charge in [0.25, 0.3) is 0 Å². The van der Waals surface area contributed by atoms with Crippen molar-refractivity contribution in [1.29, 1.82) is 0 Å². The third-order valence-electron chi connectivity index (χ3n) is 4.57. The number of benzene rings is 2. The predicted octanol–water partition coefficient (Wildman–Crippen LogP) is 3.37. The maximum absolute atomic E-state index is 9.41. The molecule has 2 N–H and O–H groups in total. The number of aromatic nitrogens is 4. The normalized spacial score (nSPS) is 12.2. The van der Waals surface area contributed by atoms with Crippen LogP contribution in [0, 0.1) is 0 Å². The number of rotatable bonds is 7. The Morgan fingerprint density at radius 3 is 2.37 bits per heavy atom. The van der Waals surface area contributed by atoms with Gasteiger partial charge in [0, 0.05) is 24.6 Å². The van der Waals surface area contributed by atoms with Gasteiger partial charge in [0.15, 0.2) is 11.5 Å². The molecule has 2 heterocycles. The zero-order valence-electron chi connectivity index (χ0n) is 14.9. The molecule has 0 aliphatic rings. The van der Waals surface area contributed by atoms with Crippen molar-refractivity contribution < 1.29 is 5.11 Å². The molecule has 0 aliphatic heterocycles. The fourth-order valence-electron chi connectivity index (χ4n) is 3.15. The minimum Gasteiger partial charge on any atom is -0.396 e. The molecule has 0 amide bonds. The maximum atomic E-state index is 9.41. The van der Waals surface area contributed by atoms with Crippen molar-refractivity contribution in [2.75, 3.05) is 18.5 Å². The monoisotopic (exact) mass is 359 g/mol. The maximum Gasteiger partial charge on any atom is 0.185 e. The molecule has 2 aromatic carbocycles. The van der Waals surface area contributed by atoms with Gasteiger partial charge in [-0.1, -0.05) is 60.7 Å². The fourth-order valence-corrected chi connectivity index (χ4v) is 3.15. The molecule has 6 heteroatoms. The van der Waals surface area contributed by atoms with Gasteiger partial charge in [0.05, 0.1) is 0 Å². The lowest BCUT2D eigenvalue weighted by Gasteiger charge is -2.17. The summed E-state index contributed by atoms with van der Waals surface area (Å²) in [6.07, 6.45) is 0.696. The van der Waals surface area contributed by atoms with Crippen molar-refractivity contribution in [3.8, 4) is 11.4 Å². The van der Waals surface area contributed by atoms with Crippen molar-refractivity contribution in [1.82, 2.24) is 19.8 Å². The summed E-state index contributed by atoms with van der Waals surface area (Å²) in [7, 11) is 0. The summed E-state index contributed by atoms with van der Waals surface area (Å²) in [5, 5.41) is 25.9. The SMILES string of the molecule is OCCC(CNc1ccc2nnc(-c3ccccc3)n2n1)c1ccccc1. The number of aliphatic hydroxyl groups excluding tert-OH is 1. The topological polar surface area (TPSA) is 75.3 Å². The van der Waals surface area contributed by atoms with E-state index in [1.54, 1.807) is 4.52 Å². The van der Waals surface area contributed by atoms with Crippen LogP contribution in [0.4, 0.5) is 5.82 Å².